The summed E-state index contributed by atoms with van der Waals surface area (Å²) in [4.78, 5) is 37.7. The van der Waals surface area contributed by atoms with E-state index in [1.807, 2.05) is 11.4 Å². The molecule has 0 spiro atoms. The van der Waals surface area contributed by atoms with E-state index >= 15 is 0 Å². The normalized spacial score (nSPS) is 10.8. The SMILES string of the molecule is O=C(Nc1ccccc1C(=O)NCCCn1nc2ccccn2c1=O)c1cccs1. The standard InChI is InChI=1S/C21H19N5O3S/c27-19(15-7-1-2-8-16(15)23-20(28)17-9-5-14-30-17)22-11-6-13-26-21(29)25-12-4-3-10-18(25)24-26/h1-5,7-10,12,14H,6,11,13H2,(H,22,27)(H,23,28). The topological polar surface area (TPSA) is 97.5 Å². The number of amides is 2. The number of carbonyl (C=O) groups is 2. The number of aromatic nitrogens is 3. The van der Waals surface area contributed by atoms with Gasteiger partial charge in [0.25, 0.3) is 11.8 Å². The molecular formula is C21H19N5O3S. The number of para-hydroxylation sites is 1. The minimum Gasteiger partial charge on any atom is -0.352 e. The fraction of sp³-hybridized carbons (Fsp3) is 0.143. The lowest BCUT2D eigenvalue weighted by molar-refractivity contribution is 0.0953. The lowest BCUT2D eigenvalue weighted by Gasteiger charge is -2.11. The predicted molar refractivity (Wildman–Crippen MR) is 115 cm³/mol. The monoisotopic (exact) mass is 421 g/mol. The summed E-state index contributed by atoms with van der Waals surface area (Å²) in [5.41, 5.74) is 1.21. The third kappa shape index (κ3) is 4.15. The molecular weight excluding hydrogens is 402 g/mol. The van der Waals surface area contributed by atoms with Gasteiger partial charge >= 0.3 is 5.69 Å². The Morgan fingerprint density at radius 3 is 2.63 bits per heavy atom. The summed E-state index contributed by atoms with van der Waals surface area (Å²) in [5, 5.41) is 11.7. The van der Waals surface area contributed by atoms with Gasteiger partial charge in [-0.1, -0.05) is 24.3 Å². The number of pyridine rings is 1. The van der Waals surface area contributed by atoms with E-state index in [-0.39, 0.29) is 17.5 Å². The Morgan fingerprint density at radius 2 is 1.83 bits per heavy atom. The number of hydrogen-bond donors (Lipinski definition) is 2. The van der Waals surface area contributed by atoms with Crippen LogP contribution >= 0.6 is 11.3 Å². The first-order valence-corrected chi connectivity index (χ1v) is 10.3. The summed E-state index contributed by atoms with van der Waals surface area (Å²) in [6.45, 7) is 0.754. The maximum absolute atomic E-state index is 12.6. The van der Waals surface area contributed by atoms with Crippen molar-refractivity contribution in [1.82, 2.24) is 19.5 Å². The summed E-state index contributed by atoms with van der Waals surface area (Å²) in [6.07, 6.45) is 2.21. The molecule has 3 heterocycles. The lowest BCUT2D eigenvalue weighted by Crippen LogP contribution is -2.28. The number of rotatable bonds is 7. The average molecular weight is 421 g/mol. The molecule has 9 heteroatoms. The molecule has 4 aromatic rings. The van der Waals surface area contributed by atoms with Crippen molar-refractivity contribution in [3.05, 3.63) is 87.1 Å². The van der Waals surface area contributed by atoms with Crippen molar-refractivity contribution < 1.29 is 9.59 Å². The zero-order valence-electron chi connectivity index (χ0n) is 15.9. The third-order valence-electron chi connectivity index (χ3n) is 4.49. The lowest BCUT2D eigenvalue weighted by atomic mass is 10.1. The number of anilines is 1. The Kier molecular flexibility index (Phi) is 5.71. The summed E-state index contributed by atoms with van der Waals surface area (Å²) in [7, 11) is 0. The van der Waals surface area contributed by atoms with Crippen LogP contribution in [0.15, 0.2) is 71.0 Å². The summed E-state index contributed by atoms with van der Waals surface area (Å²) in [6, 6.07) is 15.7. The van der Waals surface area contributed by atoms with Crippen LogP contribution in [-0.2, 0) is 6.54 Å². The summed E-state index contributed by atoms with van der Waals surface area (Å²) < 4.78 is 2.86. The molecule has 0 aliphatic rings. The molecule has 30 heavy (non-hydrogen) atoms. The average Bonchev–Trinajstić information content (AvgIpc) is 3.41. The van der Waals surface area contributed by atoms with Crippen LogP contribution in [0.2, 0.25) is 0 Å². The van der Waals surface area contributed by atoms with E-state index in [9.17, 15) is 14.4 Å². The van der Waals surface area contributed by atoms with Crippen LogP contribution in [0.25, 0.3) is 5.65 Å². The minimum absolute atomic E-state index is 0.210. The van der Waals surface area contributed by atoms with Gasteiger partial charge in [0.15, 0.2) is 5.65 Å². The van der Waals surface area contributed by atoms with Gasteiger partial charge in [-0.05, 0) is 42.1 Å². The molecule has 0 saturated heterocycles. The third-order valence-corrected chi connectivity index (χ3v) is 5.35. The van der Waals surface area contributed by atoms with Crippen LogP contribution in [0, 0.1) is 0 Å². The number of nitrogens with zero attached hydrogens (tertiary/aromatic N) is 3. The number of benzene rings is 1. The predicted octanol–water partition coefficient (Wildman–Crippen LogP) is 2.63. The number of nitrogens with one attached hydrogen (secondary N) is 2. The molecule has 0 unspecified atom stereocenters. The first kappa shape index (κ1) is 19.6. The number of thiophene rings is 1. The Morgan fingerprint density at radius 1 is 1.00 bits per heavy atom. The second-order valence-electron chi connectivity index (χ2n) is 6.52. The molecule has 4 rings (SSSR count). The molecule has 0 saturated carbocycles. The molecule has 2 N–H and O–H groups in total. The van der Waals surface area contributed by atoms with Gasteiger partial charge in [0.05, 0.1) is 16.1 Å². The largest absolute Gasteiger partial charge is 0.352 e. The van der Waals surface area contributed by atoms with Gasteiger partial charge < -0.3 is 10.6 Å². The highest BCUT2D eigenvalue weighted by molar-refractivity contribution is 7.12. The summed E-state index contributed by atoms with van der Waals surface area (Å²) >= 11 is 1.33. The fourth-order valence-corrected chi connectivity index (χ4v) is 3.64. The smallest absolute Gasteiger partial charge is 0.350 e. The second-order valence-corrected chi connectivity index (χ2v) is 7.47. The van der Waals surface area contributed by atoms with Gasteiger partial charge in [-0.15, -0.1) is 16.4 Å². The van der Waals surface area contributed by atoms with Crippen LogP contribution in [0.4, 0.5) is 5.69 Å². The van der Waals surface area contributed by atoms with Gasteiger partial charge in [0.2, 0.25) is 0 Å². The van der Waals surface area contributed by atoms with Gasteiger partial charge in [0.1, 0.15) is 0 Å². The Labute approximate surface area is 175 Å². The molecule has 0 aliphatic heterocycles. The molecule has 8 nitrogen and oxygen atoms in total. The molecule has 1 aromatic carbocycles. The van der Waals surface area contributed by atoms with Crippen molar-refractivity contribution in [3.8, 4) is 0 Å². The van der Waals surface area contributed by atoms with E-state index in [1.54, 1.807) is 54.7 Å². The van der Waals surface area contributed by atoms with Gasteiger partial charge in [0, 0.05) is 19.3 Å². The van der Waals surface area contributed by atoms with Crippen LogP contribution < -0.4 is 16.3 Å². The molecule has 0 bridgehead atoms. The first-order chi connectivity index (χ1) is 14.6. The molecule has 2 amide bonds. The highest BCUT2D eigenvalue weighted by Crippen LogP contribution is 2.18. The summed E-state index contributed by atoms with van der Waals surface area (Å²) in [5.74, 6) is -0.545. The number of aryl methyl sites for hydroxylation is 1. The number of fused-ring (bicyclic) bond motifs is 1. The quantitative estimate of drug-likeness (QED) is 0.448. The highest BCUT2D eigenvalue weighted by atomic mass is 32.1. The molecule has 0 radical (unpaired) electrons. The van der Waals surface area contributed by atoms with E-state index in [1.165, 1.54) is 20.4 Å². The van der Waals surface area contributed by atoms with Crippen molar-refractivity contribution in [2.75, 3.05) is 11.9 Å². The molecule has 0 aliphatic carbocycles. The Hall–Kier alpha value is -3.72. The van der Waals surface area contributed by atoms with E-state index in [0.717, 1.165) is 0 Å². The zero-order valence-corrected chi connectivity index (χ0v) is 16.8. The molecule has 3 aromatic heterocycles. The Bertz CT molecular complexity index is 1240. The molecule has 0 fully saturated rings. The highest BCUT2D eigenvalue weighted by Gasteiger charge is 2.14. The van der Waals surface area contributed by atoms with Crippen molar-refractivity contribution in [3.63, 3.8) is 0 Å². The van der Waals surface area contributed by atoms with Crippen molar-refractivity contribution in [2.24, 2.45) is 0 Å². The van der Waals surface area contributed by atoms with Gasteiger partial charge in [-0.2, -0.15) is 0 Å². The van der Waals surface area contributed by atoms with E-state index in [4.69, 9.17) is 0 Å². The van der Waals surface area contributed by atoms with E-state index in [0.29, 0.717) is 41.3 Å². The van der Waals surface area contributed by atoms with Crippen LogP contribution in [-0.4, -0.2) is 32.5 Å². The molecule has 152 valence electrons. The molecule has 0 atom stereocenters. The van der Waals surface area contributed by atoms with Crippen molar-refractivity contribution >= 4 is 34.5 Å². The van der Waals surface area contributed by atoms with E-state index in [2.05, 4.69) is 15.7 Å². The second kappa shape index (κ2) is 8.75. The fourth-order valence-electron chi connectivity index (χ4n) is 3.02. The number of carbonyl (C=O) groups excluding carboxylic acids is 2. The van der Waals surface area contributed by atoms with E-state index < -0.39 is 0 Å². The van der Waals surface area contributed by atoms with Crippen LogP contribution in [0.5, 0.6) is 0 Å². The zero-order chi connectivity index (χ0) is 20.9. The number of hydrogen-bond acceptors (Lipinski definition) is 5. The van der Waals surface area contributed by atoms with Crippen LogP contribution in [0.3, 0.4) is 0 Å². The van der Waals surface area contributed by atoms with Gasteiger partial charge in [-0.3, -0.25) is 14.0 Å². The van der Waals surface area contributed by atoms with Crippen molar-refractivity contribution in [1.29, 1.82) is 0 Å². The maximum Gasteiger partial charge on any atom is 0.350 e. The first-order valence-electron chi connectivity index (χ1n) is 9.40. The van der Waals surface area contributed by atoms with Crippen LogP contribution in [0.1, 0.15) is 26.5 Å². The van der Waals surface area contributed by atoms with Crippen molar-refractivity contribution in [2.45, 2.75) is 13.0 Å². The maximum atomic E-state index is 12.6. The Balaban J connectivity index is 1.35. The minimum atomic E-state index is -0.292. The van der Waals surface area contributed by atoms with Gasteiger partial charge in [-0.25, -0.2) is 9.48 Å².